The minimum absolute atomic E-state index is 0.198. The Kier molecular flexibility index (Phi) is 5.12. The SMILES string of the molecule is CCCCCc1cc(O)cc(O)c1C1CCCCC1. The third kappa shape index (κ3) is 3.65. The molecule has 0 heterocycles. The minimum atomic E-state index is 0.198. The van der Waals surface area contributed by atoms with Gasteiger partial charge in [-0.1, -0.05) is 39.0 Å². The van der Waals surface area contributed by atoms with Gasteiger partial charge in [-0.25, -0.2) is 0 Å². The summed E-state index contributed by atoms with van der Waals surface area (Å²) in [4.78, 5) is 0. The molecule has 0 radical (unpaired) electrons. The summed E-state index contributed by atoms with van der Waals surface area (Å²) in [5.41, 5.74) is 2.28. The fourth-order valence-electron chi connectivity index (χ4n) is 3.32. The lowest BCUT2D eigenvalue weighted by Gasteiger charge is -2.25. The fraction of sp³-hybridized carbons (Fsp3) is 0.647. The molecule has 19 heavy (non-hydrogen) atoms. The lowest BCUT2D eigenvalue weighted by Crippen LogP contribution is -2.08. The van der Waals surface area contributed by atoms with E-state index in [1.54, 1.807) is 0 Å². The number of phenols is 2. The Balaban J connectivity index is 2.22. The summed E-state index contributed by atoms with van der Waals surface area (Å²) in [7, 11) is 0. The number of phenolic OH excluding ortho intramolecular Hbond substituents is 2. The second-order valence-corrected chi connectivity index (χ2v) is 5.83. The molecule has 1 saturated carbocycles. The highest BCUT2D eigenvalue weighted by atomic mass is 16.3. The van der Waals surface area contributed by atoms with Crippen molar-refractivity contribution < 1.29 is 10.2 Å². The fourth-order valence-corrected chi connectivity index (χ4v) is 3.32. The van der Waals surface area contributed by atoms with Gasteiger partial charge in [0.15, 0.2) is 0 Å². The Morgan fingerprint density at radius 1 is 1.05 bits per heavy atom. The number of aryl methyl sites for hydroxylation is 1. The zero-order valence-electron chi connectivity index (χ0n) is 12.0. The normalized spacial score (nSPS) is 16.7. The monoisotopic (exact) mass is 262 g/mol. The molecule has 0 amide bonds. The summed E-state index contributed by atoms with van der Waals surface area (Å²) in [6, 6.07) is 3.37. The summed E-state index contributed by atoms with van der Waals surface area (Å²) in [5, 5.41) is 19.9. The lowest BCUT2D eigenvalue weighted by atomic mass is 9.80. The Hall–Kier alpha value is -1.18. The first-order valence-corrected chi connectivity index (χ1v) is 7.77. The van der Waals surface area contributed by atoms with E-state index in [2.05, 4.69) is 6.92 Å². The van der Waals surface area contributed by atoms with Gasteiger partial charge in [-0.15, -0.1) is 0 Å². The smallest absolute Gasteiger partial charge is 0.123 e. The van der Waals surface area contributed by atoms with Crippen molar-refractivity contribution in [3.63, 3.8) is 0 Å². The molecule has 1 aromatic carbocycles. The first kappa shape index (κ1) is 14.2. The summed E-state index contributed by atoms with van der Waals surface area (Å²) >= 11 is 0. The molecule has 2 rings (SSSR count). The summed E-state index contributed by atoms with van der Waals surface area (Å²) < 4.78 is 0. The van der Waals surface area contributed by atoms with Crippen LogP contribution < -0.4 is 0 Å². The van der Waals surface area contributed by atoms with Crippen LogP contribution in [0.1, 0.15) is 75.3 Å². The van der Waals surface area contributed by atoms with Crippen LogP contribution in [-0.4, -0.2) is 10.2 Å². The molecule has 0 saturated heterocycles. The van der Waals surface area contributed by atoms with Crippen molar-refractivity contribution >= 4 is 0 Å². The van der Waals surface area contributed by atoms with E-state index in [0.29, 0.717) is 11.7 Å². The van der Waals surface area contributed by atoms with Crippen molar-refractivity contribution in [2.24, 2.45) is 0 Å². The molecule has 2 nitrogen and oxygen atoms in total. The molecule has 0 aliphatic heterocycles. The molecular weight excluding hydrogens is 236 g/mol. The molecule has 0 unspecified atom stereocenters. The zero-order valence-corrected chi connectivity index (χ0v) is 12.0. The van der Waals surface area contributed by atoms with E-state index in [0.717, 1.165) is 24.0 Å². The van der Waals surface area contributed by atoms with E-state index in [-0.39, 0.29) is 5.75 Å². The van der Waals surface area contributed by atoms with Gasteiger partial charge in [0.25, 0.3) is 0 Å². The average molecular weight is 262 g/mol. The van der Waals surface area contributed by atoms with Gasteiger partial charge in [0.2, 0.25) is 0 Å². The first-order chi connectivity index (χ1) is 9.22. The number of hydrogen-bond donors (Lipinski definition) is 2. The Bertz CT molecular complexity index is 406. The number of aromatic hydroxyl groups is 2. The topological polar surface area (TPSA) is 40.5 Å². The molecule has 0 bridgehead atoms. The van der Waals surface area contributed by atoms with Crippen LogP contribution in [0.2, 0.25) is 0 Å². The van der Waals surface area contributed by atoms with Crippen LogP contribution in [0.15, 0.2) is 12.1 Å². The molecule has 0 aromatic heterocycles. The van der Waals surface area contributed by atoms with E-state index < -0.39 is 0 Å². The van der Waals surface area contributed by atoms with Crippen LogP contribution in [0.3, 0.4) is 0 Å². The molecule has 1 aliphatic rings. The van der Waals surface area contributed by atoms with E-state index in [1.807, 2.05) is 6.07 Å². The molecular formula is C17H26O2. The predicted octanol–water partition coefficient (Wildman–Crippen LogP) is 4.88. The standard InChI is InChI=1S/C17H26O2/c1-2-3-5-10-14-11-15(18)12-16(19)17(14)13-8-6-4-7-9-13/h11-13,18-19H,2-10H2,1H3. The van der Waals surface area contributed by atoms with Crippen LogP contribution in [-0.2, 0) is 6.42 Å². The van der Waals surface area contributed by atoms with Gasteiger partial charge in [-0.05, 0) is 43.2 Å². The summed E-state index contributed by atoms with van der Waals surface area (Å²) in [6.45, 7) is 2.20. The summed E-state index contributed by atoms with van der Waals surface area (Å²) in [6.07, 6.45) is 10.7. The Labute approximate surface area is 116 Å². The molecule has 0 atom stereocenters. The van der Waals surface area contributed by atoms with Crippen LogP contribution in [0.25, 0.3) is 0 Å². The highest BCUT2D eigenvalue weighted by Gasteiger charge is 2.22. The third-order valence-electron chi connectivity index (χ3n) is 4.29. The van der Waals surface area contributed by atoms with Crippen molar-refractivity contribution in [1.82, 2.24) is 0 Å². The Morgan fingerprint density at radius 3 is 2.47 bits per heavy atom. The van der Waals surface area contributed by atoms with Crippen LogP contribution in [0, 0.1) is 0 Å². The van der Waals surface area contributed by atoms with E-state index in [4.69, 9.17) is 0 Å². The number of unbranched alkanes of at least 4 members (excludes halogenated alkanes) is 2. The number of hydrogen-bond acceptors (Lipinski definition) is 2. The number of benzene rings is 1. The van der Waals surface area contributed by atoms with Crippen LogP contribution in [0.5, 0.6) is 11.5 Å². The third-order valence-corrected chi connectivity index (χ3v) is 4.29. The van der Waals surface area contributed by atoms with E-state index >= 15 is 0 Å². The van der Waals surface area contributed by atoms with Crippen molar-refractivity contribution in [3.8, 4) is 11.5 Å². The van der Waals surface area contributed by atoms with Crippen molar-refractivity contribution in [2.45, 2.75) is 70.6 Å². The highest BCUT2D eigenvalue weighted by Crippen LogP contribution is 2.41. The average Bonchev–Trinajstić information content (AvgIpc) is 2.39. The molecule has 1 aromatic rings. The quantitative estimate of drug-likeness (QED) is 0.743. The second kappa shape index (κ2) is 6.83. The second-order valence-electron chi connectivity index (χ2n) is 5.83. The molecule has 0 spiro atoms. The van der Waals surface area contributed by atoms with Gasteiger partial charge >= 0.3 is 0 Å². The maximum absolute atomic E-state index is 10.2. The molecule has 1 aliphatic carbocycles. The van der Waals surface area contributed by atoms with Crippen molar-refractivity contribution in [2.75, 3.05) is 0 Å². The molecule has 1 fully saturated rings. The van der Waals surface area contributed by atoms with Gasteiger partial charge < -0.3 is 10.2 Å². The van der Waals surface area contributed by atoms with Gasteiger partial charge in [0.05, 0.1) is 0 Å². The molecule has 2 heteroatoms. The minimum Gasteiger partial charge on any atom is -0.508 e. The predicted molar refractivity (Wildman–Crippen MR) is 78.8 cm³/mol. The van der Waals surface area contributed by atoms with E-state index in [9.17, 15) is 10.2 Å². The first-order valence-electron chi connectivity index (χ1n) is 7.77. The highest BCUT2D eigenvalue weighted by molar-refractivity contribution is 5.47. The van der Waals surface area contributed by atoms with Gasteiger partial charge in [0, 0.05) is 11.6 Å². The van der Waals surface area contributed by atoms with Crippen LogP contribution >= 0.6 is 0 Å². The number of rotatable bonds is 5. The maximum Gasteiger partial charge on any atom is 0.123 e. The maximum atomic E-state index is 10.2. The van der Waals surface area contributed by atoms with Crippen LogP contribution in [0.4, 0.5) is 0 Å². The molecule has 106 valence electrons. The van der Waals surface area contributed by atoms with Gasteiger partial charge in [-0.2, -0.15) is 0 Å². The van der Waals surface area contributed by atoms with Gasteiger partial charge in [-0.3, -0.25) is 0 Å². The largest absolute Gasteiger partial charge is 0.508 e. The van der Waals surface area contributed by atoms with Crippen molar-refractivity contribution in [1.29, 1.82) is 0 Å². The zero-order chi connectivity index (χ0) is 13.7. The molecule has 2 N–H and O–H groups in total. The van der Waals surface area contributed by atoms with E-state index in [1.165, 1.54) is 51.0 Å². The van der Waals surface area contributed by atoms with Gasteiger partial charge in [0.1, 0.15) is 11.5 Å². The summed E-state index contributed by atoms with van der Waals surface area (Å²) in [5.74, 6) is 0.993. The Morgan fingerprint density at radius 2 is 1.79 bits per heavy atom. The lowest BCUT2D eigenvalue weighted by molar-refractivity contribution is 0.405. The van der Waals surface area contributed by atoms with Crippen molar-refractivity contribution in [3.05, 3.63) is 23.3 Å².